The second-order valence-corrected chi connectivity index (χ2v) is 6.32. The van der Waals surface area contributed by atoms with Crippen LogP contribution in [0.15, 0.2) is 41.4 Å². The van der Waals surface area contributed by atoms with E-state index in [9.17, 15) is 4.79 Å². The molecule has 0 saturated heterocycles. The van der Waals surface area contributed by atoms with Crippen molar-refractivity contribution in [3.05, 3.63) is 53.2 Å². The maximum absolute atomic E-state index is 12.3. The molecule has 2 heterocycles. The summed E-state index contributed by atoms with van der Waals surface area (Å²) >= 11 is 1.64. The number of hydrogen-bond acceptors (Lipinski definition) is 3. The number of carbonyl (C=O) groups is 1. The molecule has 0 aliphatic carbocycles. The van der Waals surface area contributed by atoms with Crippen molar-refractivity contribution in [1.29, 1.82) is 0 Å². The average molecular weight is 284 g/mol. The van der Waals surface area contributed by atoms with Crippen molar-refractivity contribution in [2.45, 2.75) is 30.4 Å². The maximum Gasteiger partial charge on any atom is 0.239 e. The first kappa shape index (κ1) is 13.2. The number of rotatable bonds is 2. The number of thioether (sulfide) groups is 1. The van der Waals surface area contributed by atoms with Crippen molar-refractivity contribution in [1.82, 2.24) is 4.98 Å². The van der Waals surface area contributed by atoms with E-state index in [2.05, 4.69) is 35.4 Å². The summed E-state index contributed by atoms with van der Waals surface area (Å²) in [4.78, 5) is 17.8. The molecule has 0 saturated carbocycles. The van der Waals surface area contributed by atoms with Gasteiger partial charge in [0.25, 0.3) is 0 Å². The predicted octanol–water partition coefficient (Wildman–Crippen LogP) is 3.35. The van der Waals surface area contributed by atoms with Gasteiger partial charge in [-0.3, -0.25) is 4.79 Å². The fraction of sp³-hybridized carbons (Fsp3) is 0.250. The number of aromatic nitrogens is 1. The molecule has 0 unspecified atom stereocenters. The number of pyridine rings is 1. The first-order valence-electron chi connectivity index (χ1n) is 6.62. The molecule has 1 aromatic carbocycles. The van der Waals surface area contributed by atoms with Crippen LogP contribution in [0.5, 0.6) is 0 Å². The molecule has 1 aliphatic heterocycles. The van der Waals surface area contributed by atoms with E-state index >= 15 is 0 Å². The Morgan fingerprint density at radius 1 is 1.35 bits per heavy atom. The summed E-state index contributed by atoms with van der Waals surface area (Å²) in [5, 5.41) is 2.87. The van der Waals surface area contributed by atoms with E-state index < -0.39 is 0 Å². The van der Waals surface area contributed by atoms with Gasteiger partial charge in [-0.05, 0) is 43.5 Å². The number of benzene rings is 1. The Bertz CT molecular complexity index is 669. The molecular formula is C16H16N2OS. The van der Waals surface area contributed by atoms with Crippen LogP contribution in [-0.4, -0.2) is 16.1 Å². The smallest absolute Gasteiger partial charge is 0.239 e. The Balaban J connectivity index is 1.73. The van der Waals surface area contributed by atoms with E-state index in [0.29, 0.717) is 5.82 Å². The Labute approximate surface area is 122 Å². The third-order valence-electron chi connectivity index (χ3n) is 3.44. The van der Waals surface area contributed by atoms with E-state index in [1.54, 1.807) is 18.0 Å². The number of nitrogens with one attached hydrogen (secondary N) is 1. The lowest BCUT2D eigenvalue weighted by Crippen LogP contribution is -2.25. The van der Waals surface area contributed by atoms with Crippen molar-refractivity contribution in [2.24, 2.45) is 0 Å². The average Bonchev–Trinajstić information content (AvgIpc) is 2.84. The minimum Gasteiger partial charge on any atom is -0.309 e. The Morgan fingerprint density at radius 2 is 2.20 bits per heavy atom. The summed E-state index contributed by atoms with van der Waals surface area (Å²) in [6.07, 6.45) is 2.49. The minimum absolute atomic E-state index is 0.0330. The van der Waals surface area contributed by atoms with Crippen LogP contribution in [-0.2, 0) is 11.2 Å². The second kappa shape index (κ2) is 5.29. The van der Waals surface area contributed by atoms with E-state index in [0.717, 1.165) is 12.0 Å². The van der Waals surface area contributed by atoms with Crippen LogP contribution in [0, 0.1) is 13.8 Å². The van der Waals surface area contributed by atoms with Gasteiger partial charge in [0.1, 0.15) is 5.82 Å². The standard InChI is InChI=1S/C16H16N2OS/c1-10-5-6-12-9-14(20-13(12)8-10)16(19)18-15-11(2)4-3-7-17-15/h3-8,14H,9H2,1-2H3,(H,17,18,19)/t14-/m0/s1. The van der Waals surface area contributed by atoms with Crippen LogP contribution in [0.3, 0.4) is 0 Å². The van der Waals surface area contributed by atoms with Gasteiger partial charge in [-0.15, -0.1) is 11.8 Å². The lowest BCUT2D eigenvalue weighted by atomic mass is 10.1. The van der Waals surface area contributed by atoms with Gasteiger partial charge >= 0.3 is 0 Å². The predicted molar refractivity (Wildman–Crippen MR) is 82.1 cm³/mol. The molecule has 102 valence electrons. The van der Waals surface area contributed by atoms with E-state index in [4.69, 9.17) is 0 Å². The van der Waals surface area contributed by atoms with E-state index in [1.165, 1.54) is 16.0 Å². The van der Waals surface area contributed by atoms with Gasteiger partial charge in [0, 0.05) is 11.1 Å². The summed E-state index contributed by atoms with van der Waals surface area (Å²) in [6.45, 7) is 4.02. The molecule has 1 aromatic heterocycles. The lowest BCUT2D eigenvalue weighted by Gasteiger charge is -2.10. The van der Waals surface area contributed by atoms with E-state index in [1.807, 2.05) is 19.1 Å². The molecule has 2 aromatic rings. The molecule has 3 nitrogen and oxygen atoms in total. The van der Waals surface area contributed by atoms with Gasteiger partial charge in [0.2, 0.25) is 5.91 Å². The van der Waals surface area contributed by atoms with Crippen LogP contribution in [0.1, 0.15) is 16.7 Å². The van der Waals surface area contributed by atoms with Crippen LogP contribution >= 0.6 is 11.8 Å². The van der Waals surface area contributed by atoms with Gasteiger partial charge < -0.3 is 5.32 Å². The SMILES string of the molecule is Cc1ccc2c(c1)S[C@H](C(=O)Nc1ncccc1C)C2. The Hall–Kier alpha value is -1.81. The monoisotopic (exact) mass is 284 g/mol. The van der Waals surface area contributed by atoms with Crippen molar-refractivity contribution >= 4 is 23.5 Å². The molecule has 0 bridgehead atoms. The number of nitrogens with zero attached hydrogens (tertiary/aromatic N) is 1. The Kier molecular flexibility index (Phi) is 3.49. The largest absolute Gasteiger partial charge is 0.309 e. The zero-order valence-electron chi connectivity index (χ0n) is 11.5. The first-order chi connectivity index (χ1) is 9.63. The fourth-order valence-corrected chi connectivity index (χ4v) is 3.59. The molecule has 1 atom stereocenters. The quantitative estimate of drug-likeness (QED) is 0.919. The zero-order chi connectivity index (χ0) is 14.1. The molecular weight excluding hydrogens is 268 g/mol. The molecule has 3 rings (SSSR count). The number of fused-ring (bicyclic) bond motifs is 1. The number of anilines is 1. The van der Waals surface area contributed by atoms with Crippen molar-refractivity contribution in [3.8, 4) is 0 Å². The van der Waals surface area contributed by atoms with Gasteiger partial charge in [0.15, 0.2) is 0 Å². The van der Waals surface area contributed by atoms with E-state index in [-0.39, 0.29) is 11.2 Å². The van der Waals surface area contributed by atoms with Crippen LogP contribution in [0.4, 0.5) is 5.82 Å². The normalized spacial score (nSPS) is 16.8. The highest BCUT2D eigenvalue weighted by atomic mass is 32.2. The molecule has 20 heavy (non-hydrogen) atoms. The summed E-state index contributed by atoms with van der Waals surface area (Å²) in [7, 11) is 0. The third kappa shape index (κ3) is 2.56. The van der Waals surface area contributed by atoms with Crippen LogP contribution < -0.4 is 5.32 Å². The number of amides is 1. The number of aryl methyl sites for hydroxylation is 2. The minimum atomic E-state index is -0.0618. The van der Waals surface area contributed by atoms with Crippen molar-refractivity contribution in [3.63, 3.8) is 0 Å². The number of hydrogen-bond donors (Lipinski definition) is 1. The highest BCUT2D eigenvalue weighted by Gasteiger charge is 2.28. The summed E-state index contributed by atoms with van der Waals surface area (Å²) < 4.78 is 0. The number of carbonyl (C=O) groups excluding carboxylic acids is 1. The lowest BCUT2D eigenvalue weighted by molar-refractivity contribution is -0.115. The third-order valence-corrected chi connectivity index (χ3v) is 4.74. The first-order valence-corrected chi connectivity index (χ1v) is 7.50. The van der Waals surface area contributed by atoms with Crippen molar-refractivity contribution < 1.29 is 4.79 Å². The second-order valence-electron chi connectivity index (χ2n) is 5.08. The molecule has 0 fully saturated rings. The van der Waals surface area contributed by atoms with Gasteiger partial charge in [0.05, 0.1) is 5.25 Å². The zero-order valence-corrected chi connectivity index (χ0v) is 12.3. The molecule has 4 heteroatoms. The topological polar surface area (TPSA) is 42.0 Å². The summed E-state index contributed by atoms with van der Waals surface area (Å²) in [5.74, 6) is 0.691. The molecule has 1 N–H and O–H groups in total. The molecule has 1 amide bonds. The summed E-state index contributed by atoms with van der Waals surface area (Å²) in [6, 6.07) is 10.2. The molecule has 0 spiro atoms. The highest BCUT2D eigenvalue weighted by molar-refractivity contribution is 8.01. The van der Waals surface area contributed by atoms with Crippen LogP contribution in [0.25, 0.3) is 0 Å². The van der Waals surface area contributed by atoms with Crippen molar-refractivity contribution in [2.75, 3.05) is 5.32 Å². The molecule has 0 radical (unpaired) electrons. The highest BCUT2D eigenvalue weighted by Crippen LogP contribution is 2.38. The fourth-order valence-electron chi connectivity index (χ4n) is 2.29. The van der Waals surface area contributed by atoms with Gasteiger partial charge in [-0.1, -0.05) is 23.8 Å². The molecule has 1 aliphatic rings. The Morgan fingerprint density at radius 3 is 3.00 bits per heavy atom. The van der Waals surface area contributed by atoms with Gasteiger partial charge in [-0.25, -0.2) is 4.98 Å². The van der Waals surface area contributed by atoms with Crippen LogP contribution in [0.2, 0.25) is 0 Å². The van der Waals surface area contributed by atoms with Gasteiger partial charge in [-0.2, -0.15) is 0 Å². The maximum atomic E-state index is 12.3. The summed E-state index contributed by atoms with van der Waals surface area (Å²) in [5.41, 5.74) is 3.48.